The van der Waals surface area contributed by atoms with Crippen LogP contribution in [0.25, 0.3) is 5.78 Å². The van der Waals surface area contributed by atoms with E-state index in [0.29, 0.717) is 22.3 Å². The first kappa shape index (κ1) is 15.8. The smallest absolute Gasteiger partial charge is 0.235 e. The molecule has 0 saturated heterocycles. The van der Waals surface area contributed by atoms with Crippen LogP contribution in [-0.2, 0) is 6.54 Å². The molecule has 0 bridgehead atoms. The molecule has 1 N–H and O–H groups in total. The molecule has 0 spiro atoms. The van der Waals surface area contributed by atoms with Crippen LogP contribution in [-0.4, -0.2) is 37.5 Å². The van der Waals surface area contributed by atoms with E-state index in [1.807, 2.05) is 25.3 Å². The Labute approximate surface area is 142 Å². The molecule has 0 aromatic carbocycles. The zero-order valence-electron chi connectivity index (χ0n) is 13.0. The summed E-state index contributed by atoms with van der Waals surface area (Å²) in [6, 6.07) is 5.70. The van der Waals surface area contributed by atoms with Crippen molar-refractivity contribution < 1.29 is 0 Å². The van der Waals surface area contributed by atoms with Gasteiger partial charge in [0.2, 0.25) is 10.9 Å². The van der Waals surface area contributed by atoms with Gasteiger partial charge in [-0.2, -0.15) is 14.6 Å². The van der Waals surface area contributed by atoms with E-state index in [1.54, 1.807) is 23.8 Å². The second-order valence-electron chi connectivity index (χ2n) is 4.86. The Hall–Kier alpha value is -2.06. The summed E-state index contributed by atoms with van der Waals surface area (Å²) in [7, 11) is 1.76. The van der Waals surface area contributed by atoms with E-state index in [2.05, 4.69) is 30.2 Å². The second kappa shape index (κ2) is 6.59. The minimum atomic E-state index is 0.482. The van der Waals surface area contributed by atoms with Gasteiger partial charge in [0.1, 0.15) is 5.15 Å². The number of thioether (sulfide) groups is 1. The van der Waals surface area contributed by atoms with Crippen molar-refractivity contribution in [3.63, 3.8) is 0 Å². The Bertz CT molecular complexity index is 898. The number of halogens is 1. The van der Waals surface area contributed by atoms with E-state index in [0.717, 1.165) is 17.0 Å². The van der Waals surface area contributed by atoms with Crippen LogP contribution in [0.2, 0.25) is 5.15 Å². The predicted molar refractivity (Wildman–Crippen MR) is 90.5 cm³/mol. The molecule has 0 aliphatic carbocycles. The number of aromatic nitrogens is 5. The van der Waals surface area contributed by atoms with Crippen molar-refractivity contribution in [3.05, 3.63) is 46.3 Å². The largest absolute Gasteiger partial charge is 0.311 e. The van der Waals surface area contributed by atoms with Gasteiger partial charge in [0.25, 0.3) is 0 Å². The molecule has 3 heterocycles. The van der Waals surface area contributed by atoms with Crippen molar-refractivity contribution in [1.29, 1.82) is 0 Å². The molecule has 0 amide bonds. The Balaban J connectivity index is 2.18. The van der Waals surface area contributed by atoms with Crippen LogP contribution >= 0.6 is 23.4 Å². The van der Waals surface area contributed by atoms with Gasteiger partial charge in [-0.1, -0.05) is 29.4 Å². The highest BCUT2D eigenvalue weighted by molar-refractivity contribution is 7.98. The molecule has 0 aliphatic heterocycles. The first-order valence-corrected chi connectivity index (χ1v) is 8.54. The first-order chi connectivity index (χ1) is 11.1. The van der Waals surface area contributed by atoms with E-state index in [-0.39, 0.29) is 0 Å². The maximum absolute atomic E-state index is 5.85. The fraction of sp³-hybridized carbons (Fsp3) is 0.286. The number of nitrogens with one attached hydrogen (secondary N) is 1. The Morgan fingerprint density at radius 1 is 1.39 bits per heavy atom. The molecule has 3 rings (SSSR count). The lowest BCUT2D eigenvalue weighted by Crippen LogP contribution is -2.24. The number of fused-ring (bicyclic) bond motifs is 1. The van der Waals surface area contributed by atoms with Crippen LogP contribution in [0.15, 0.2) is 34.7 Å². The number of aryl methyl sites for hydroxylation is 1. The van der Waals surface area contributed by atoms with Gasteiger partial charge in [0.15, 0.2) is 5.49 Å². The molecule has 3 aromatic rings. The summed E-state index contributed by atoms with van der Waals surface area (Å²) in [4.78, 5) is 8.72. The molecule has 3 aromatic heterocycles. The molecule has 0 saturated carbocycles. The average Bonchev–Trinajstić information content (AvgIpc) is 2.98. The van der Waals surface area contributed by atoms with Crippen molar-refractivity contribution in [1.82, 2.24) is 29.6 Å². The minimum Gasteiger partial charge on any atom is -0.311 e. The van der Waals surface area contributed by atoms with Gasteiger partial charge in [0, 0.05) is 25.0 Å². The van der Waals surface area contributed by atoms with Crippen molar-refractivity contribution in [2.75, 3.05) is 13.3 Å². The molecular formula is C14H16ClN7S. The Kier molecular flexibility index (Phi) is 4.53. The predicted octanol–water partition coefficient (Wildman–Crippen LogP) is 1.69. The van der Waals surface area contributed by atoms with E-state index < -0.39 is 0 Å². The molecule has 0 fully saturated rings. The summed E-state index contributed by atoms with van der Waals surface area (Å²) in [5.74, 6) is 0.735. The summed E-state index contributed by atoms with van der Waals surface area (Å²) >= 11 is 7.35. The van der Waals surface area contributed by atoms with Gasteiger partial charge >= 0.3 is 0 Å². The van der Waals surface area contributed by atoms with Crippen LogP contribution < -0.4 is 10.9 Å². The van der Waals surface area contributed by atoms with Crippen LogP contribution in [0, 0.1) is 6.92 Å². The number of hydrogen-bond donors (Lipinski definition) is 1. The van der Waals surface area contributed by atoms with Crippen LogP contribution in [0.1, 0.15) is 11.3 Å². The lowest BCUT2D eigenvalue weighted by molar-refractivity contribution is 0.701. The van der Waals surface area contributed by atoms with Gasteiger partial charge < -0.3 is 9.99 Å². The molecule has 0 atom stereocenters. The number of rotatable bonds is 4. The Morgan fingerprint density at radius 3 is 2.87 bits per heavy atom. The van der Waals surface area contributed by atoms with E-state index in [1.165, 1.54) is 11.8 Å². The maximum Gasteiger partial charge on any atom is 0.235 e. The van der Waals surface area contributed by atoms with Gasteiger partial charge in [-0.3, -0.25) is 0 Å². The van der Waals surface area contributed by atoms with Gasteiger partial charge in [-0.15, -0.1) is 5.10 Å². The number of nitrogens with zero attached hydrogens (tertiary/aromatic N) is 6. The molecule has 23 heavy (non-hydrogen) atoms. The summed E-state index contributed by atoms with van der Waals surface area (Å²) in [6.07, 6.45) is 3.72. The van der Waals surface area contributed by atoms with Gasteiger partial charge in [-0.25, -0.2) is 4.98 Å². The quantitative estimate of drug-likeness (QED) is 0.441. The molecule has 120 valence electrons. The SMILES string of the molecule is CN/N=c1\cc(C)n(Cc2ccc(Cl)nc2)c2nc(SC)nn12. The van der Waals surface area contributed by atoms with Crippen LogP contribution in [0.4, 0.5) is 0 Å². The van der Waals surface area contributed by atoms with Gasteiger partial charge in [-0.05, 0) is 24.8 Å². The Morgan fingerprint density at radius 2 is 2.22 bits per heavy atom. The third-order valence-corrected chi connectivity index (χ3v) is 4.09. The van der Waals surface area contributed by atoms with Crippen molar-refractivity contribution in [2.24, 2.45) is 5.10 Å². The monoisotopic (exact) mass is 349 g/mol. The second-order valence-corrected chi connectivity index (χ2v) is 6.03. The fourth-order valence-corrected chi connectivity index (χ4v) is 2.70. The van der Waals surface area contributed by atoms with Crippen molar-refractivity contribution in [2.45, 2.75) is 18.6 Å². The summed E-state index contributed by atoms with van der Waals surface area (Å²) in [5.41, 5.74) is 5.58. The standard InChI is InChI=1S/C14H16ClN7S/c1-9-6-12(19-16-2)22-14(18-13(20-22)23-3)21(9)8-10-4-5-11(15)17-7-10/h4-7,16H,8H2,1-3H3/b19-12+. The zero-order valence-corrected chi connectivity index (χ0v) is 14.6. The molecule has 9 heteroatoms. The zero-order chi connectivity index (χ0) is 16.4. The highest BCUT2D eigenvalue weighted by atomic mass is 35.5. The highest BCUT2D eigenvalue weighted by Gasteiger charge is 2.11. The van der Waals surface area contributed by atoms with E-state index >= 15 is 0 Å². The van der Waals surface area contributed by atoms with Crippen molar-refractivity contribution >= 4 is 29.1 Å². The molecular weight excluding hydrogens is 334 g/mol. The van der Waals surface area contributed by atoms with E-state index in [9.17, 15) is 0 Å². The van der Waals surface area contributed by atoms with E-state index in [4.69, 9.17) is 11.6 Å². The molecule has 0 unspecified atom stereocenters. The summed E-state index contributed by atoms with van der Waals surface area (Å²) in [6.45, 7) is 2.65. The highest BCUT2D eigenvalue weighted by Crippen LogP contribution is 2.13. The average molecular weight is 350 g/mol. The molecule has 7 nitrogen and oxygen atoms in total. The maximum atomic E-state index is 5.85. The molecule has 0 radical (unpaired) electrons. The first-order valence-electron chi connectivity index (χ1n) is 6.94. The normalized spacial score (nSPS) is 12.1. The third kappa shape index (κ3) is 3.18. The van der Waals surface area contributed by atoms with Gasteiger partial charge in [0.05, 0.1) is 6.54 Å². The van der Waals surface area contributed by atoms with Crippen LogP contribution in [0.5, 0.6) is 0 Å². The fourth-order valence-electron chi connectivity index (χ4n) is 2.26. The number of hydrogen-bond acceptors (Lipinski definition) is 6. The topological polar surface area (TPSA) is 72.4 Å². The number of pyridine rings is 1. The van der Waals surface area contributed by atoms with Crippen molar-refractivity contribution in [3.8, 4) is 0 Å². The minimum absolute atomic E-state index is 0.482. The summed E-state index contributed by atoms with van der Waals surface area (Å²) < 4.78 is 3.81. The van der Waals surface area contributed by atoms with Crippen LogP contribution in [0.3, 0.4) is 0 Å². The lowest BCUT2D eigenvalue weighted by Gasteiger charge is -2.12. The summed E-state index contributed by atoms with van der Waals surface area (Å²) in [5, 5.41) is 9.93. The third-order valence-electron chi connectivity index (χ3n) is 3.33. The molecule has 0 aliphatic rings. The lowest BCUT2D eigenvalue weighted by atomic mass is 10.2.